The quantitative estimate of drug-likeness (QED) is 0.626. The molecule has 3 aromatic rings. The number of benzene rings is 1. The highest BCUT2D eigenvalue weighted by Crippen LogP contribution is 2.43. The van der Waals surface area contributed by atoms with Gasteiger partial charge in [0, 0.05) is 42.8 Å². The molecule has 0 unspecified atom stereocenters. The minimum atomic E-state index is -3.75. The lowest BCUT2D eigenvalue weighted by atomic mass is 10.1. The number of nitrogens with one attached hydrogen (secondary N) is 1. The van der Waals surface area contributed by atoms with E-state index in [1.807, 2.05) is 5.38 Å². The SMILES string of the molecule is C[C@@H]1CN(c2nc3c(-c4nccs4)ccc(OC(F)(F)C(C)(C)O)c3s2)CCN1. The number of fused-ring (bicyclic) bond motifs is 1. The van der Waals surface area contributed by atoms with E-state index in [2.05, 4.69) is 22.1 Å². The molecule has 0 amide bonds. The summed E-state index contributed by atoms with van der Waals surface area (Å²) in [5.41, 5.74) is -0.968. The van der Waals surface area contributed by atoms with Crippen LogP contribution in [0.1, 0.15) is 20.8 Å². The van der Waals surface area contributed by atoms with Crippen molar-refractivity contribution in [2.24, 2.45) is 0 Å². The lowest BCUT2D eigenvalue weighted by Crippen LogP contribution is -2.49. The van der Waals surface area contributed by atoms with Gasteiger partial charge >= 0.3 is 6.11 Å². The number of anilines is 1. The zero-order chi connectivity index (χ0) is 20.8. The van der Waals surface area contributed by atoms with Crippen LogP contribution in [-0.2, 0) is 0 Å². The molecule has 0 bridgehead atoms. The van der Waals surface area contributed by atoms with Gasteiger partial charge in [0.05, 0.1) is 10.2 Å². The maximum atomic E-state index is 14.4. The maximum Gasteiger partial charge on any atom is 0.426 e. The number of alkyl halides is 2. The summed E-state index contributed by atoms with van der Waals surface area (Å²) >= 11 is 2.78. The summed E-state index contributed by atoms with van der Waals surface area (Å²) in [7, 11) is 0. The first-order valence-corrected chi connectivity index (χ1v) is 11.0. The second kappa shape index (κ2) is 7.42. The minimum Gasteiger partial charge on any atom is -0.429 e. The second-order valence-electron chi connectivity index (χ2n) is 7.60. The van der Waals surface area contributed by atoms with Crippen LogP contribution in [0.4, 0.5) is 13.9 Å². The van der Waals surface area contributed by atoms with Gasteiger partial charge in [-0.25, -0.2) is 9.97 Å². The van der Waals surface area contributed by atoms with Gasteiger partial charge in [-0.1, -0.05) is 11.3 Å². The Morgan fingerprint density at radius 1 is 1.34 bits per heavy atom. The minimum absolute atomic E-state index is 0.000589. The van der Waals surface area contributed by atoms with E-state index in [1.54, 1.807) is 12.3 Å². The lowest BCUT2D eigenvalue weighted by Gasteiger charge is -2.31. The fraction of sp³-hybridized carbons (Fsp3) is 0.474. The Labute approximate surface area is 175 Å². The third-order valence-electron chi connectivity index (χ3n) is 4.75. The zero-order valence-corrected chi connectivity index (χ0v) is 17.9. The van der Waals surface area contributed by atoms with Gasteiger partial charge in [0.1, 0.15) is 10.8 Å². The summed E-state index contributed by atoms with van der Waals surface area (Å²) in [5.74, 6) is -0.000589. The summed E-state index contributed by atoms with van der Waals surface area (Å²) in [6.07, 6.45) is -2.06. The molecule has 1 fully saturated rings. The first-order chi connectivity index (χ1) is 13.7. The van der Waals surface area contributed by atoms with Gasteiger partial charge in [0.25, 0.3) is 0 Å². The summed E-state index contributed by atoms with van der Waals surface area (Å²) in [6, 6.07) is 3.51. The molecule has 1 aromatic carbocycles. The van der Waals surface area contributed by atoms with Gasteiger partial charge < -0.3 is 20.1 Å². The zero-order valence-electron chi connectivity index (χ0n) is 16.3. The van der Waals surface area contributed by atoms with Gasteiger partial charge in [-0.2, -0.15) is 8.78 Å². The molecule has 2 aromatic heterocycles. The Morgan fingerprint density at radius 3 is 2.79 bits per heavy atom. The Balaban J connectivity index is 1.82. The molecule has 0 radical (unpaired) electrons. The first kappa shape index (κ1) is 20.4. The molecule has 4 rings (SSSR count). The van der Waals surface area contributed by atoms with Crippen LogP contribution in [0.2, 0.25) is 0 Å². The molecule has 3 heterocycles. The smallest absolute Gasteiger partial charge is 0.426 e. The topological polar surface area (TPSA) is 70.5 Å². The highest BCUT2D eigenvalue weighted by atomic mass is 32.1. The summed E-state index contributed by atoms with van der Waals surface area (Å²) in [6.45, 7) is 6.54. The average Bonchev–Trinajstić information content (AvgIpc) is 3.31. The molecule has 1 aliphatic heterocycles. The highest BCUT2D eigenvalue weighted by molar-refractivity contribution is 7.22. The molecular formula is C19H22F2N4O2S2. The van der Waals surface area contributed by atoms with E-state index < -0.39 is 11.7 Å². The van der Waals surface area contributed by atoms with Crippen molar-refractivity contribution in [1.82, 2.24) is 15.3 Å². The number of hydrogen-bond acceptors (Lipinski definition) is 8. The van der Waals surface area contributed by atoms with Crippen molar-refractivity contribution in [3.63, 3.8) is 0 Å². The number of nitrogens with zero attached hydrogens (tertiary/aromatic N) is 3. The normalized spacial score (nSPS) is 18.4. The van der Waals surface area contributed by atoms with Crippen molar-refractivity contribution in [2.45, 2.75) is 38.5 Å². The number of thiazole rings is 2. The average molecular weight is 441 g/mol. The molecule has 10 heteroatoms. The fourth-order valence-corrected chi connectivity index (χ4v) is 4.83. The van der Waals surface area contributed by atoms with E-state index >= 15 is 0 Å². The van der Waals surface area contributed by atoms with Crippen LogP contribution >= 0.6 is 22.7 Å². The van der Waals surface area contributed by atoms with Crippen LogP contribution < -0.4 is 15.0 Å². The molecule has 1 aliphatic rings. The Kier molecular flexibility index (Phi) is 5.22. The van der Waals surface area contributed by atoms with Crippen LogP contribution in [0.3, 0.4) is 0 Å². The van der Waals surface area contributed by atoms with Crippen molar-refractivity contribution < 1.29 is 18.6 Å². The molecule has 0 saturated carbocycles. The third-order valence-corrected chi connectivity index (χ3v) is 6.69. The fourth-order valence-electron chi connectivity index (χ4n) is 3.09. The lowest BCUT2D eigenvalue weighted by molar-refractivity contribution is -0.275. The number of halogens is 2. The summed E-state index contributed by atoms with van der Waals surface area (Å²) < 4.78 is 34.4. The number of piperazine rings is 1. The first-order valence-electron chi connectivity index (χ1n) is 9.26. The van der Waals surface area contributed by atoms with E-state index in [0.29, 0.717) is 16.3 Å². The van der Waals surface area contributed by atoms with Crippen LogP contribution in [-0.4, -0.2) is 52.5 Å². The Hall–Kier alpha value is -1.88. The standard InChI is InChI=1S/C19H22F2N4O2S2/c1-11-10-25(8-6-22-11)17-24-14-12(16-23-7-9-28-16)4-5-13(15(14)29-17)27-19(20,21)18(2,3)26/h4-5,7,9,11,22,26H,6,8,10H2,1-3H3/t11-/m1/s1. The van der Waals surface area contributed by atoms with Crippen LogP contribution in [0, 0.1) is 0 Å². The molecular weight excluding hydrogens is 418 g/mol. The van der Waals surface area contributed by atoms with Gasteiger partial charge in [-0.05, 0) is 32.9 Å². The molecule has 29 heavy (non-hydrogen) atoms. The van der Waals surface area contributed by atoms with Gasteiger partial charge in [-0.3, -0.25) is 0 Å². The van der Waals surface area contributed by atoms with Crippen molar-refractivity contribution >= 4 is 38.0 Å². The number of aromatic nitrogens is 2. The molecule has 6 nitrogen and oxygen atoms in total. The Bertz CT molecular complexity index is 1000. The van der Waals surface area contributed by atoms with Gasteiger partial charge in [-0.15, -0.1) is 11.3 Å². The molecule has 0 spiro atoms. The molecule has 2 N–H and O–H groups in total. The molecule has 1 atom stereocenters. The van der Waals surface area contributed by atoms with E-state index in [4.69, 9.17) is 9.72 Å². The predicted molar refractivity (Wildman–Crippen MR) is 112 cm³/mol. The molecule has 0 aliphatic carbocycles. The number of rotatable bonds is 5. The van der Waals surface area contributed by atoms with Crippen molar-refractivity contribution in [1.29, 1.82) is 0 Å². The van der Waals surface area contributed by atoms with E-state index in [9.17, 15) is 13.9 Å². The van der Waals surface area contributed by atoms with Crippen LogP contribution in [0.5, 0.6) is 5.75 Å². The third kappa shape index (κ3) is 3.94. The maximum absolute atomic E-state index is 14.4. The highest BCUT2D eigenvalue weighted by Gasteiger charge is 2.49. The van der Waals surface area contributed by atoms with E-state index in [1.165, 1.54) is 28.7 Å². The van der Waals surface area contributed by atoms with E-state index in [0.717, 1.165) is 49.2 Å². The summed E-state index contributed by atoms with van der Waals surface area (Å²) in [4.78, 5) is 11.3. The predicted octanol–water partition coefficient (Wildman–Crippen LogP) is 3.96. The van der Waals surface area contributed by atoms with Crippen LogP contribution in [0.25, 0.3) is 20.8 Å². The van der Waals surface area contributed by atoms with Gasteiger partial charge in [0.15, 0.2) is 10.7 Å². The number of ether oxygens (including phenoxy) is 1. The van der Waals surface area contributed by atoms with Crippen molar-refractivity contribution in [3.8, 4) is 16.3 Å². The number of aliphatic hydroxyl groups is 1. The molecule has 1 saturated heterocycles. The summed E-state index contributed by atoms with van der Waals surface area (Å²) in [5, 5.41) is 16.6. The van der Waals surface area contributed by atoms with Crippen molar-refractivity contribution in [2.75, 3.05) is 24.5 Å². The largest absolute Gasteiger partial charge is 0.429 e. The number of hydrogen-bond donors (Lipinski definition) is 2. The Morgan fingerprint density at radius 2 is 2.14 bits per heavy atom. The van der Waals surface area contributed by atoms with Crippen LogP contribution in [0.15, 0.2) is 23.7 Å². The van der Waals surface area contributed by atoms with Crippen molar-refractivity contribution in [3.05, 3.63) is 23.7 Å². The monoisotopic (exact) mass is 440 g/mol. The van der Waals surface area contributed by atoms with E-state index in [-0.39, 0.29) is 5.75 Å². The molecule has 156 valence electrons. The van der Waals surface area contributed by atoms with Gasteiger partial charge in [0.2, 0.25) is 0 Å². The second-order valence-corrected chi connectivity index (χ2v) is 9.47.